The van der Waals surface area contributed by atoms with E-state index in [4.69, 9.17) is 14.1 Å². The molecule has 1 aromatic carbocycles. The van der Waals surface area contributed by atoms with E-state index in [9.17, 15) is 5.26 Å². The van der Waals surface area contributed by atoms with Crippen molar-refractivity contribution < 1.29 is 9.16 Å². The van der Waals surface area contributed by atoms with E-state index >= 15 is 0 Å². The van der Waals surface area contributed by atoms with E-state index < -0.39 is 8.32 Å². The van der Waals surface area contributed by atoms with E-state index in [-0.39, 0.29) is 10.5 Å². The summed E-state index contributed by atoms with van der Waals surface area (Å²) in [5.74, 6) is 1.62. The van der Waals surface area contributed by atoms with Crippen molar-refractivity contribution in [3.05, 3.63) is 53.3 Å². The van der Waals surface area contributed by atoms with E-state index in [1.54, 1.807) is 12.4 Å². The summed E-state index contributed by atoms with van der Waals surface area (Å²) in [6, 6.07) is 10.3. The third-order valence-corrected chi connectivity index (χ3v) is 12.9. The molecule has 0 unspecified atom stereocenters. The molecule has 2 aliphatic rings. The first-order valence-corrected chi connectivity index (χ1v) is 17.0. The fourth-order valence-electron chi connectivity index (χ4n) is 4.55. The lowest BCUT2D eigenvalue weighted by Crippen LogP contribution is -2.45. The van der Waals surface area contributed by atoms with E-state index in [0.29, 0.717) is 36.5 Å². The highest BCUT2D eigenvalue weighted by atomic mass is 28.4. The van der Waals surface area contributed by atoms with Crippen LogP contribution >= 0.6 is 0 Å². The summed E-state index contributed by atoms with van der Waals surface area (Å²) in [5, 5.41) is 17.0. The van der Waals surface area contributed by atoms with E-state index in [1.165, 1.54) is 12.8 Å². The lowest BCUT2D eigenvalue weighted by Gasteiger charge is -2.39. The number of anilines is 3. The second kappa shape index (κ2) is 10.5. The number of ether oxygens (including phenoxy) is 1. The molecule has 0 amide bonds. The number of hydrogen-bond donors (Lipinski definition) is 2. The van der Waals surface area contributed by atoms with Crippen LogP contribution in [0, 0.1) is 24.2 Å². The maximum atomic E-state index is 10.0. The van der Waals surface area contributed by atoms with Gasteiger partial charge in [-0.05, 0) is 79.2 Å². The normalized spacial score (nSPS) is 18.6. The topological polar surface area (TPSA) is 105 Å². The van der Waals surface area contributed by atoms with Crippen molar-refractivity contribution in [3.8, 4) is 23.2 Å². The summed E-state index contributed by atoms with van der Waals surface area (Å²) in [6.07, 6.45) is 5.96. The van der Waals surface area contributed by atoms with Crippen molar-refractivity contribution in [2.75, 3.05) is 30.4 Å². The average Bonchev–Trinajstić information content (AvgIpc) is 3.68. The van der Waals surface area contributed by atoms with Crippen LogP contribution in [0.4, 0.5) is 17.3 Å². The molecular formula is C31H40N6O2Si. The van der Waals surface area contributed by atoms with Gasteiger partial charge in [-0.2, -0.15) is 5.26 Å². The Balaban J connectivity index is 1.43. The lowest BCUT2D eigenvalue weighted by atomic mass is 9.83. The Bertz CT molecular complexity index is 1460. The van der Waals surface area contributed by atoms with Crippen molar-refractivity contribution in [2.24, 2.45) is 5.92 Å². The lowest BCUT2D eigenvalue weighted by molar-refractivity contribution is 0.220. The fraction of sp³-hybridized carbons (Fsp3) is 0.484. The summed E-state index contributed by atoms with van der Waals surface area (Å²) in [7, 11) is -1.94. The van der Waals surface area contributed by atoms with E-state index in [2.05, 4.69) is 73.5 Å². The van der Waals surface area contributed by atoms with Gasteiger partial charge in [0.15, 0.2) is 8.32 Å². The number of fused-ring (bicyclic) bond motifs is 1. The molecule has 0 spiro atoms. The van der Waals surface area contributed by atoms with Gasteiger partial charge in [0.2, 0.25) is 11.8 Å². The number of nitriles is 1. The van der Waals surface area contributed by atoms with E-state index in [0.717, 1.165) is 40.3 Å². The zero-order valence-electron chi connectivity index (χ0n) is 24.7. The molecule has 0 saturated heterocycles. The van der Waals surface area contributed by atoms with Crippen molar-refractivity contribution in [1.29, 1.82) is 5.26 Å². The van der Waals surface area contributed by atoms with Crippen LogP contribution in [0.1, 0.15) is 57.2 Å². The van der Waals surface area contributed by atoms with Gasteiger partial charge in [-0.3, -0.25) is 0 Å². The van der Waals surface area contributed by atoms with Crippen LogP contribution in [0.2, 0.25) is 18.1 Å². The van der Waals surface area contributed by atoms with Crippen molar-refractivity contribution in [1.82, 2.24) is 15.0 Å². The Morgan fingerprint density at radius 2 is 1.98 bits per heavy atom. The molecule has 1 aliphatic heterocycles. The number of aromatic nitrogens is 3. The minimum atomic E-state index is -1.94. The van der Waals surface area contributed by atoms with Crippen molar-refractivity contribution >= 4 is 25.6 Å². The molecule has 0 radical (unpaired) electrons. The fourth-order valence-corrected chi connectivity index (χ4v) is 5.66. The third kappa shape index (κ3) is 5.84. The van der Waals surface area contributed by atoms with Crippen LogP contribution in [0.25, 0.3) is 11.3 Å². The minimum Gasteiger partial charge on any atom is -0.476 e. The number of nitrogens with one attached hydrogen (secondary N) is 2. The largest absolute Gasteiger partial charge is 0.476 e. The van der Waals surface area contributed by atoms with Gasteiger partial charge >= 0.3 is 0 Å². The van der Waals surface area contributed by atoms with Crippen LogP contribution < -0.4 is 15.4 Å². The molecule has 0 bridgehead atoms. The van der Waals surface area contributed by atoms with Crippen LogP contribution in [-0.2, 0) is 9.84 Å². The molecule has 5 rings (SSSR count). The Hall–Kier alpha value is -3.48. The quantitative estimate of drug-likeness (QED) is 0.273. The zero-order valence-corrected chi connectivity index (χ0v) is 25.7. The number of hydrogen-bond acceptors (Lipinski definition) is 8. The Kier molecular flexibility index (Phi) is 7.36. The summed E-state index contributed by atoms with van der Waals surface area (Å²) in [4.78, 5) is 13.8. The Morgan fingerprint density at radius 3 is 2.67 bits per heavy atom. The van der Waals surface area contributed by atoms with Crippen LogP contribution in [0.3, 0.4) is 0 Å². The van der Waals surface area contributed by atoms with Gasteiger partial charge in [-0.15, -0.1) is 0 Å². The van der Waals surface area contributed by atoms with Gasteiger partial charge in [0, 0.05) is 36.5 Å². The second-order valence-electron chi connectivity index (χ2n) is 13.0. The molecule has 2 N–H and O–H groups in total. The summed E-state index contributed by atoms with van der Waals surface area (Å²) in [6.45, 7) is 17.5. The number of nitrogens with zero attached hydrogens (tertiary/aromatic N) is 4. The van der Waals surface area contributed by atoms with Crippen LogP contribution in [-0.4, -0.2) is 43.0 Å². The average molecular weight is 557 g/mol. The smallest absolute Gasteiger partial charge is 0.237 e. The monoisotopic (exact) mass is 556 g/mol. The predicted molar refractivity (Wildman–Crippen MR) is 162 cm³/mol. The molecule has 3 heterocycles. The van der Waals surface area contributed by atoms with Crippen LogP contribution in [0.5, 0.6) is 5.88 Å². The number of benzene rings is 1. The number of rotatable bonds is 9. The molecule has 3 aromatic rings. The SMILES string of the molecule is Cc1cnc(OCC2CC2)c(Nc2nccc(-c3cc(C#N)c4c(c3)[C@@](C)(CO[Si](C)(C)C(C)(C)C)CN4)n2)c1. The molecule has 2 aromatic heterocycles. The third-order valence-electron chi connectivity index (χ3n) is 8.46. The standard InChI is InChI=1S/C31H40N6O2Si/c1-20-12-26(28(34-16-20)38-17-21-8-9-21)37-29-33-11-10-25(36-29)22-13-23(15-32)27-24(14-22)31(5,18-35-27)19-39-40(6,7)30(2,3)4/h10-14,16,21,35H,8-9,17-19H2,1-7H3,(H,33,36,37)/t31-/m1/s1. The van der Waals surface area contributed by atoms with E-state index in [1.807, 2.05) is 25.1 Å². The van der Waals surface area contributed by atoms with Crippen molar-refractivity contribution in [2.45, 2.75) is 71.0 Å². The number of pyridine rings is 1. The van der Waals surface area contributed by atoms with Gasteiger partial charge in [-0.25, -0.2) is 15.0 Å². The highest BCUT2D eigenvalue weighted by molar-refractivity contribution is 6.74. The summed E-state index contributed by atoms with van der Waals surface area (Å²) in [5.41, 5.74) is 5.69. The molecule has 1 aliphatic carbocycles. The molecule has 8 nitrogen and oxygen atoms in total. The first-order valence-electron chi connectivity index (χ1n) is 14.0. The first kappa shape index (κ1) is 28.1. The minimum absolute atomic E-state index is 0.123. The van der Waals surface area contributed by atoms with Gasteiger partial charge < -0.3 is 19.8 Å². The van der Waals surface area contributed by atoms with Gasteiger partial charge in [0.05, 0.1) is 23.6 Å². The zero-order chi connectivity index (χ0) is 28.7. The highest BCUT2D eigenvalue weighted by Gasteiger charge is 2.42. The van der Waals surface area contributed by atoms with Gasteiger partial charge in [0.1, 0.15) is 11.8 Å². The van der Waals surface area contributed by atoms with Gasteiger partial charge in [-0.1, -0.05) is 27.7 Å². The number of aryl methyl sites for hydroxylation is 1. The Labute approximate surface area is 238 Å². The first-order chi connectivity index (χ1) is 18.9. The predicted octanol–water partition coefficient (Wildman–Crippen LogP) is 6.96. The summed E-state index contributed by atoms with van der Waals surface area (Å²) < 4.78 is 12.7. The van der Waals surface area contributed by atoms with Crippen LogP contribution in [0.15, 0.2) is 36.7 Å². The maximum absolute atomic E-state index is 10.0. The molecular weight excluding hydrogens is 516 g/mol. The summed E-state index contributed by atoms with van der Waals surface area (Å²) >= 11 is 0. The molecule has 1 atom stereocenters. The molecule has 9 heteroatoms. The van der Waals surface area contributed by atoms with Gasteiger partial charge in [0.25, 0.3) is 0 Å². The maximum Gasteiger partial charge on any atom is 0.237 e. The Morgan fingerprint density at radius 1 is 1.20 bits per heavy atom. The molecule has 210 valence electrons. The molecule has 1 fully saturated rings. The highest BCUT2D eigenvalue weighted by Crippen LogP contribution is 2.44. The van der Waals surface area contributed by atoms with Crippen molar-refractivity contribution in [3.63, 3.8) is 0 Å². The molecule has 40 heavy (non-hydrogen) atoms. The molecule has 1 saturated carbocycles. The second-order valence-corrected chi connectivity index (χ2v) is 17.8.